The summed E-state index contributed by atoms with van der Waals surface area (Å²) in [4.78, 5) is 11.9. The predicted molar refractivity (Wildman–Crippen MR) is 106 cm³/mol. The van der Waals surface area contributed by atoms with Gasteiger partial charge in [0.2, 0.25) is 5.91 Å². The van der Waals surface area contributed by atoms with E-state index in [2.05, 4.69) is 5.32 Å². The zero-order chi connectivity index (χ0) is 18.8. The van der Waals surface area contributed by atoms with Crippen LogP contribution in [0.2, 0.25) is 0 Å². The third-order valence-electron chi connectivity index (χ3n) is 3.93. The fourth-order valence-corrected chi connectivity index (χ4v) is 2.86. The van der Waals surface area contributed by atoms with Crippen LogP contribution in [0, 0.1) is 0 Å². The highest BCUT2D eigenvalue weighted by atomic mass is 32.2. The number of hydrogen-bond acceptors (Lipinski definition) is 5. The normalized spacial score (nSPS) is 13.0. The van der Waals surface area contributed by atoms with Gasteiger partial charge < -0.3 is 20.9 Å². The molecule has 2 atom stereocenters. The summed E-state index contributed by atoms with van der Waals surface area (Å²) in [5.74, 6) is 1.26. The molecular weight excluding hydrogens is 348 g/mol. The van der Waals surface area contributed by atoms with Gasteiger partial charge in [0.25, 0.3) is 0 Å². The zero-order valence-corrected chi connectivity index (χ0v) is 15.7. The van der Waals surface area contributed by atoms with Gasteiger partial charge in [0.05, 0.1) is 12.1 Å². The van der Waals surface area contributed by atoms with Gasteiger partial charge in [0.15, 0.2) is 0 Å². The largest absolute Gasteiger partial charge is 0.489 e. The summed E-state index contributed by atoms with van der Waals surface area (Å²) in [5.41, 5.74) is 7.58. The quantitative estimate of drug-likeness (QED) is 0.595. The number of aliphatic hydroxyl groups is 1. The average Bonchev–Trinajstić information content (AvgIpc) is 2.69. The monoisotopic (exact) mass is 374 g/mol. The lowest BCUT2D eigenvalue weighted by Crippen LogP contribution is -2.42. The Labute approximate surface area is 158 Å². The third-order valence-corrected chi connectivity index (χ3v) is 4.57. The number of rotatable bonds is 10. The molecule has 0 aliphatic carbocycles. The zero-order valence-electron chi connectivity index (χ0n) is 14.9. The highest BCUT2D eigenvalue weighted by Gasteiger charge is 2.15. The molecule has 2 aromatic carbocycles. The number of nitrogens with one attached hydrogen (secondary N) is 1. The maximum Gasteiger partial charge on any atom is 0.237 e. The second-order valence-corrected chi connectivity index (χ2v) is 6.98. The average molecular weight is 375 g/mol. The van der Waals surface area contributed by atoms with Gasteiger partial charge >= 0.3 is 0 Å². The van der Waals surface area contributed by atoms with Crippen molar-refractivity contribution in [1.82, 2.24) is 5.32 Å². The summed E-state index contributed by atoms with van der Waals surface area (Å²) in [5, 5.41) is 13.0. The van der Waals surface area contributed by atoms with E-state index in [1.807, 2.05) is 48.7 Å². The lowest BCUT2D eigenvalue weighted by Gasteiger charge is -2.16. The van der Waals surface area contributed by atoms with Gasteiger partial charge in [-0.05, 0) is 41.7 Å². The molecule has 4 N–H and O–H groups in total. The van der Waals surface area contributed by atoms with Crippen molar-refractivity contribution in [2.45, 2.75) is 25.2 Å². The lowest BCUT2D eigenvalue weighted by atomic mass is 10.1. The fraction of sp³-hybridized carbons (Fsp3) is 0.350. The van der Waals surface area contributed by atoms with Crippen molar-refractivity contribution in [2.75, 3.05) is 18.6 Å². The summed E-state index contributed by atoms with van der Waals surface area (Å²) in [6.07, 6.45) is 1.78. The lowest BCUT2D eigenvalue weighted by molar-refractivity contribution is -0.122. The first-order valence-corrected chi connectivity index (χ1v) is 9.96. The van der Waals surface area contributed by atoms with E-state index in [0.29, 0.717) is 24.3 Å². The number of aliphatic hydroxyl groups excluding tert-OH is 1. The number of hydrogen-bond donors (Lipinski definition) is 3. The molecule has 1 amide bonds. The van der Waals surface area contributed by atoms with Crippen LogP contribution in [-0.4, -0.2) is 35.6 Å². The Hall–Kier alpha value is -2.02. The second-order valence-electron chi connectivity index (χ2n) is 6.00. The number of benzene rings is 2. The molecule has 0 bridgehead atoms. The topological polar surface area (TPSA) is 84.6 Å². The molecule has 0 aromatic heterocycles. The molecule has 2 rings (SSSR count). The Morgan fingerprint density at radius 3 is 2.73 bits per heavy atom. The number of amides is 1. The minimum atomic E-state index is -0.813. The Balaban J connectivity index is 1.85. The predicted octanol–water partition coefficient (Wildman–Crippen LogP) is 2.50. The van der Waals surface area contributed by atoms with Crippen molar-refractivity contribution in [1.29, 1.82) is 0 Å². The van der Waals surface area contributed by atoms with Crippen molar-refractivity contribution < 1.29 is 14.6 Å². The van der Waals surface area contributed by atoms with Crippen LogP contribution in [-0.2, 0) is 11.4 Å². The van der Waals surface area contributed by atoms with Crippen molar-refractivity contribution in [3.8, 4) is 5.75 Å². The van der Waals surface area contributed by atoms with E-state index in [0.717, 1.165) is 11.3 Å². The molecule has 6 heteroatoms. The SMILES string of the molecule is CSCC[C@H](N)C(=O)NCC(O)c1cccc(OCc2ccccc2)c1. The second kappa shape index (κ2) is 10.9. The standard InChI is InChI=1S/C20H26N2O3S/c1-26-11-10-18(21)20(24)22-13-19(23)16-8-5-9-17(12-16)25-14-15-6-3-2-4-7-15/h2-9,12,18-19,23H,10-11,13-14,21H2,1H3,(H,22,24)/t18-,19?/m0/s1. The van der Waals surface area contributed by atoms with Gasteiger partial charge in [-0.2, -0.15) is 11.8 Å². The van der Waals surface area contributed by atoms with Gasteiger partial charge in [0.1, 0.15) is 12.4 Å². The number of nitrogens with two attached hydrogens (primary N) is 1. The Morgan fingerprint density at radius 2 is 2.00 bits per heavy atom. The van der Waals surface area contributed by atoms with Crippen LogP contribution in [0.3, 0.4) is 0 Å². The summed E-state index contributed by atoms with van der Waals surface area (Å²) in [7, 11) is 0. The van der Waals surface area contributed by atoms with Gasteiger partial charge in [-0.15, -0.1) is 0 Å². The van der Waals surface area contributed by atoms with E-state index in [-0.39, 0.29) is 12.5 Å². The molecule has 0 heterocycles. The van der Waals surface area contributed by atoms with Crippen molar-refractivity contribution in [3.63, 3.8) is 0 Å². The Bertz CT molecular complexity index is 682. The fourth-order valence-electron chi connectivity index (χ4n) is 2.37. The van der Waals surface area contributed by atoms with E-state index < -0.39 is 12.1 Å². The van der Waals surface area contributed by atoms with Gasteiger partial charge in [-0.1, -0.05) is 42.5 Å². The van der Waals surface area contributed by atoms with Crippen LogP contribution in [0.1, 0.15) is 23.7 Å². The van der Waals surface area contributed by atoms with Crippen molar-refractivity contribution in [2.24, 2.45) is 5.73 Å². The number of carbonyl (C=O) groups excluding carboxylic acids is 1. The minimum absolute atomic E-state index is 0.119. The van der Waals surface area contributed by atoms with E-state index in [1.54, 1.807) is 23.9 Å². The summed E-state index contributed by atoms with van der Waals surface area (Å²) >= 11 is 1.65. The molecule has 140 valence electrons. The molecule has 1 unspecified atom stereocenters. The first-order chi connectivity index (χ1) is 12.6. The van der Waals surface area contributed by atoms with Crippen molar-refractivity contribution in [3.05, 3.63) is 65.7 Å². The Kier molecular flexibility index (Phi) is 8.47. The molecule has 0 saturated heterocycles. The Morgan fingerprint density at radius 1 is 1.23 bits per heavy atom. The number of thioether (sulfide) groups is 1. The molecule has 0 saturated carbocycles. The third kappa shape index (κ3) is 6.71. The first-order valence-electron chi connectivity index (χ1n) is 8.57. The van der Waals surface area contributed by atoms with Gasteiger partial charge in [-0.25, -0.2) is 0 Å². The highest BCUT2D eigenvalue weighted by Crippen LogP contribution is 2.20. The molecule has 0 spiro atoms. The summed E-state index contributed by atoms with van der Waals surface area (Å²) in [6.45, 7) is 0.579. The molecule has 0 aliphatic heterocycles. The van der Waals surface area contributed by atoms with Crippen LogP contribution in [0.5, 0.6) is 5.75 Å². The van der Waals surface area contributed by atoms with E-state index >= 15 is 0 Å². The molecule has 26 heavy (non-hydrogen) atoms. The molecule has 5 nitrogen and oxygen atoms in total. The van der Waals surface area contributed by atoms with Gasteiger partial charge in [-0.3, -0.25) is 4.79 Å². The van der Waals surface area contributed by atoms with Crippen LogP contribution in [0.15, 0.2) is 54.6 Å². The number of ether oxygens (including phenoxy) is 1. The molecular formula is C20H26N2O3S. The molecule has 2 aromatic rings. The highest BCUT2D eigenvalue weighted by molar-refractivity contribution is 7.98. The molecule has 0 fully saturated rings. The van der Waals surface area contributed by atoms with Crippen LogP contribution in [0.25, 0.3) is 0 Å². The maximum absolute atomic E-state index is 11.9. The van der Waals surface area contributed by atoms with E-state index in [1.165, 1.54) is 0 Å². The summed E-state index contributed by atoms with van der Waals surface area (Å²) in [6, 6.07) is 16.6. The van der Waals surface area contributed by atoms with E-state index in [9.17, 15) is 9.90 Å². The summed E-state index contributed by atoms with van der Waals surface area (Å²) < 4.78 is 5.77. The van der Waals surface area contributed by atoms with Crippen molar-refractivity contribution >= 4 is 17.7 Å². The minimum Gasteiger partial charge on any atom is -0.489 e. The van der Waals surface area contributed by atoms with Crippen LogP contribution < -0.4 is 15.8 Å². The van der Waals surface area contributed by atoms with E-state index in [4.69, 9.17) is 10.5 Å². The van der Waals surface area contributed by atoms with Crippen LogP contribution in [0.4, 0.5) is 0 Å². The van der Waals surface area contributed by atoms with Crippen LogP contribution >= 0.6 is 11.8 Å². The molecule has 0 aliphatic rings. The van der Waals surface area contributed by atoms with Gasteiger partial charge in [0, 0.05) is 6.54 Å². The first kappa shape index (κ1) is 20.3. The smallest absolute Gasteiger partial charge is 0.237 e. The maximum atomic E-state index is 11.9. The molecule has 0 radical (unpaired) electrons. The number of carbonyl (C=O) groups is 1.